The fraction of sp³-hybridized carbons (Fsp3) is 0.786. The molecule has 0 heterocycles. The third kappa shape index (κ3) is 3.77. The summed E-state index contributed by atoms with van der Waals surface area (Å²) in [5, 5.41) is 0.189. The number of nitrogens with zero attached hydrogens (tertiary/aromatic N) is 1. The molecule has 0 N–H and O–H groups in total. The lowest BCUT2D eigenvalue weighted by molar-refractivity contribution is -0.115. The molecule has 0 aromatic carbocycles. The third-order valence-corrected chi connectivity index (χ3v) is 8.37. The minimum Gasteiger partial charge on any atom is -0.410 e. The molecule has 0 unspecified atom stereocenters. The maximum Gasteiger partial charge on any atom is 0.192 e. The van der Waals surface area contributed by atoms with Crippen LogP contribution in [-0.2, 0) is 9.22 Å². The van der Waals surface area contributed by atoms with Gasteiger partial charge in [0.1, 0.15) is 0 Å². The summed E-state index contributed by atoms with van der Waals surface area (Å²) in [5.74, 6) is 0.243. The van der Waals surface area contributed by atoms with Gasteiger partial charge < -0.3 is 9.33 Å². The first-order chi connectivity index (χ1) is 8.03. The van der Waals surface area contributed by atoms with Crippen LogP contribution in [0.15, 0.2) is 11.6 Å². The van der Waals surface area contributed by atoms with Crippen molar-refractivity contribution in [3.05, 3.63) is 11.6 Å². The van der Waals surface area contributed by atoms with Gasteiger partial charge in [0.15, 0.2) is 14.1 Å². The molecule has 0 aromatic heterocycles. The Morgan fingerprint density at radius 2 is 1.94 bits per heavy atom. The van der Waals surface area contributed by atoms with Crippen LogP contribution in [0.4, 0.5) is 0 Å². The SMILES string of the molecule is CN(C)CC1=C[C@H](O[Si](C)(C)C(C)(C)C)CC1=O. The lowest BCUT2D eigenvalue weighted by Gasteiger charge is -2.37. The molecule has 0 saturated carbocycles. The van der Waals surface area contributed by atoms with Gasteiger partial charge in [-0.2, -0.15) is 0 Å². The van der Waals surface area contributed by atoms with Crippen molar-refractivity contribution in [3.63, 3.8) is 0 Å². The minimum atomic E-state index is -1.78. The van der Waals surface area contributed by atoms with Crippen molar-refractivity contribution >= 4 is 14.1 Å². The van der Waals surface area contributed by atoms with Crippen LogP contribution in [0.1, 0.15) is 27.2 Å². The van der Waals surface area contributed by atoms with Gasteiger partial charge in [-0.1, -0.05) is 20.8 Å². The predicted octanol–water partition coefficient (Wildman–Crippen LogP) is 2.84. The van der Waals surface area contributed by atoms with Gasteiger partial charge in [0.2, 0.25) is 0 Å². The Labute approximate surface area is 112 Å². The van der Waals surface area contributed by atoms with Gasteiger partial charge in [0, 0.05) is 18.5 Å². The van der Waals surface area contributed by atoms with Crippen molar-refractivity contribution in [1.29, 1.82) is 0 Å². The lowest BCUT2D eigenvalue weighted by Crippen LogP contribution is -2.43. The van der Waals surface area contributed by atoms with Crippen LogP contribution in [0.3, 0.4) is 0 Å². The van der Waals surface area contributed by atoms with Crippen molar-refractivity contribution in [1.82, 2.24) is 4.90 Å². The van der Waals surface area contributed by atoms with Crippen molar-refractivity contribution in [3.8, 4) is 0 Å². The standard InChI is InChI=1S/C14H27NO2Si/c1-14(2,3)18(6,7)17-12-8-11(10-15(4)5)13(16)9-12/h8,12H,9-10H2,1-7H3/t12-/m0/s1. The molecule has 18 heavy (non-hydrogen) atoms. The summed E-state index contributed by atoms with van der Waals surface area (Å²) >= 11 is 0. The Balaban J connectivity index is 2.72. The molecular formula is C14H27NO2Si. The molecule has 0 spiro atoms. The van der Waals surface area contributed by atoms with Crippen LogP contribution in [0.5, 0.6) is 0 Å². The first-order valence-corrected chi connectivity index (χ1v) is 9.50. The number of Topliss-reactive ketones (excluding diaryl/α,β-unsaturated/α-hetero) is 1. The molecule has 1 aliphatic rings. The molecule has 0 aliphatic heterocycles. The van der Waals surface area contributed by atoms with E-state index in [2.05, 4.69) is 33.9 Å². The quantitative estimate of drug-likeness (QED) is 0.735. The molecular weight excluding hydrogens is 242 g/mol. The van der Waals surface area contributed by atoms with Crippen molar-refractivity contribution in [2.45, 2.75) is 51.4 Å². The van der Waals surface area contributed by atoms with Crippen LogP contribution in [-0.4, -0.2) is 45.7 Å². The number of carbonyl (C=O) groups is 1. The Morgan fingerprint density at radius 1 is 1.39 bits per heavy atom. The summed E-state index contributed by atoms with van der Waals surface area (Å²) in [6.45, 7) is 11.8. The van der Waals surface area contributed by atoms with Crippen LogP contribution >= 0.6 is 0 Å². The molecule has 0 fully saturated rings. The molecule has 3 nitrogen and oxygen atoms in total. The number of hydrogen-bond donors (Lipinski definition) is 0. The van der Waals surface area contributed by atoms with Crippen molar-refractivity contribution in [2.75, 3.05) is 20.6 Å². The summed E-state index contributed by atoms with van der Waals surface area (Å²) in [6, 6.07) is 0. The van der Waals surface area contributed by atoms with Crippen LogP contribution in [0, 0.1) is 0 Å². The molecule has 0 bridgehead atoms. The van der Waals surface area contributed by atoms with E-state index >= 15 is 0 Å². The number of ketones is 1. The molecule has 0 saturated heterocycles. The Hall–Kier alpha value is -0.453. The maximum atomic E-state index is 11.9. The highest BCUT2D eigenvalue weighted by molar-refractivity contribution is 6.74. The third-order valence-electron chi connectivity index (χ3n) is 3.87. The molecule has 0 radical (unpaired) electrons. The average molecular weight is 269 g/mol. The highest BCUT2D eigenvalue weighted by Gasteiger charge is 2.40. The Kier molecular flexibility index (Phi) is 4.57. The first kappa shape index (κ1) is 15.6. The van der Waals surface area contributed by atoms with Gasteiger partial charge >= 0.3 is 0 Å². The maximum absolute atomic E-state index is 11.9. The van der Waals surface area contributed by atoms with Crippen LogP contribution in [0.2, 0.25) is 18.1 Å². The topological polar surface area (TPSA) is 29.5 Å². The van der Waals surface area contributed by atoms with Gasteiger partial charge in [-0.05, 0) is 38.3 Å². The van der Waals surface area contributed by atoms with Gasteiger partial charge in [0.25, 0.3) is 0 Å². The van der Waals surface area contributed by atoms with E-state index in [9.17, 15) is 4.79 Å². The fourth-order valence-corrected chi connectivity index (χ4v) is 3.06. The molecule has 4 heteroatoms. The Morgan fingerprint density at radius 3 is 2.39 bits per heavy atom. The second-order valence-corrected chi connectivity index (χ2v) is 11.7. The van der Waals surface area contributed by atoms with E-state index in [1.807, 2.05) is 25.1 Å². The van der Waals surface area contributed by atoms with Crippen molar-refractivity contribution < 1.29 is 9.22 Å². The number of hydrogen-bond acceptors (Lipinski definition) is 3. The van der Waals surface area contributed by atoms with Gasteiger partial charge in [-0.15, -0.1) is 0 Å². The summed E-state index contributed by atoms with van der Waals surface area (Å²) < 4.78 is 6.27. The molecule has 1 rings (SSSR count). The zero-order chi connectivity index (χ0) is 14.1. The van der Waals surface area contributed by atoms with Crippen molar-refractivity contribution in [2.24, 2.45) is 0 Å². The lowest BCUT2D eigenvalue weighted by atomic mass is 10.2. The summed E-state index contributed by atoms with van der Waals surface area (Å²) in [7, 11) is 2.19. The largest absolute Gasteiger partial charge is 0.410 e. The summed E-state index contributed by atoms with van der Waals surface area (Å²) in [4.78, 5) is 13.9. The zero-order valence-corrected chi connectivity index (χ0v) is 13.8. The number of likely N-dealkylation sites (N-methyl/N-ethyl adjacent to an activating group) is 1. The predicted molar refractivity (Wildman–Crippen MR) is 78.3 cm³/mol. The summed E-state index contributed by atoms with van der Waals surface area (Å²) in [5.41, 5.74) is 0.906. The normalized spacial score (nSPS) is 21.7. The van der Waals surface area contributed by atoms with E-state index in [0.29, 0.717) is 6.42 Å². The molecule has 0 amide bonds. The second-order valence-electron chi connectivity index (χ2n) is 6.97. The fourth-order valence-electron chi connectivity index (χ4n) is 1.80. The first-order valence-electron chi connectivity index (χ1n) is 6.59. The second kappa shape index (κ2) is 5.27. The van der Waals surface area contributed by atoms with Gasteiger partial charge in [-0.3, -0.25) is 4.79 Å². The average Bonchev–Trinajstić information content (AvgIpc) is 2.42. The van der Waals surface area contributed by atoms with Gasteiger partial charge in [-0.25, -0.2) is 0 Å². The minimum absolute atomic E-state index is 0.00617. The summed E-state index contributed by atoms with van der Waals surface area (Å²) in [6.07, 6.45) is 2.55. The molecule has 1 aliphatic carbocycles. The van der Waals surface area contributed by atoms with Gasteiger partial charge in [0.05, 0.1) is 6.10 Å². The smallest absolute Gasteiger partial charge is 0.192 e. The highest BCUT2D eigenvalue weighted by Crippen LogP contribution is 2.38. The van der Waals surface area contributed by atoms with E-state index in [4.69, 9.17) is 4.43 Å². The molecule has 1 atom stereocenters. The van der Waals surface area contributed by atoms with Crippen LogP contribution < -0.4 is 0 Å². The monoisotopic (exact) mass is 269 g/mol. The van der Waals surface area contributed by atoms with Crippen LogP contribution in [0.25, 0.3) is 0 Å². The van der Waals surface area contributed by atoms with E-state index in [0.717, 1.165) is 12.1 Å². The van der Waals surface area contributed by atoms with E-state index in [1.54, 1.807) is 0 Å². The number of carbonyl (C=O) groups excluding carboxylic acids is 1. The highest BCUT2D eigenvalue weighted by atomic mass is 28.4. The molecule has 0 aromatic rings. The van der Waals surface area contributed by atoms with E-state index in [-0.39, 0.29) is 16.9 Å². The van der Waals surface area contributed by atoms with E-state index in [1.165, 1.54) is 0 Å². The Bertz CT molecular complexity index is 353. The zero-order valence-electron chi connectivity index (χ0n) is 12.8. The number of rotatable bonds is 4. The van der Waals surface area contributed by atoms with E-state index < -0.39 is 8.32 Å². The molecule has 104 valence electrons.